The van der Waals surface area contributed by atoms with E-state index in [1.165, 1.54) is 6.92 Å². The van der Waals surface area contributed by atoms with E-state index in [1.807, 2.05) is 38.1 Å². The number of rotatable bonds is 7. The molecule has 1 N–H and O–H groups in total. The summed E-state index contributed by atoms with van der Waals surface area (Å²) in [7, 11) is 0. The molecular formula is C27H30N2O5. The predicted octanol–water partition coefficient (Wildman–Crippen LogP) is 3.75. The smallest absolute Gasteiger partial charge is 0.327 e. The van der Waals surface area contributed by atoms with E-state index in [0.29, 0.717) is 24.1 Å². The molecule has 2 aliphatic heterocycles. The van der Waals surface area contributed by atoms with Crippen LogP contribution in [0.5, 0.6) is 0 Å². The number of ketones is 1. The van der Waals surface area contributed by atoms with E-state index in [-0.39, 0.29) is 18.3 Å². The Morgan fingerprint density at radius 2 is 1.79 bits per heavy atom. The number of nitrogens with zero attached hydrogens (tertiary/aromatic N) is 1. The van der Waals surface area contributed by atoms with Crippen LogP contribution in [-0.4, -0.2) is 35.7 Å². The number of carbonyl (C=O) groups excluding carboxylic acids is 4. The van der Waals surface area contributed by atoms with Gasteiger partial charge in [-0.05, 0) is 50.5 Å². The molecule has 2 heterocycles. The highest BCUT2D eigenvalue weighted by molar-refractivity contribution is 6.24. The van der Waals surface area contributed by atoms with Gasteiger partial charge in [0.05, 0.1) is 24.1 Å². The number of imide groups is 1. The van der Waals surface area contributed by atoms with Crippen molar-refractivity contribution in [3.05, 3.63) is 65.2 Å². The number of Topliss-reactive ketones (excluding diaryl/α,β-unsaturated/α-hetero) is 1. The molecule has 2 saturated heterocycles. The zero-order valence-electron chi connectivity index (χ0n) is 20.0. The number of amides is 2. The number of fused-ring (bicyclic) bond motifs is 1. The Labute approximate surface area is 199 Å². The number of esters is 1. The van der Waals surface area contributed by atoms with Crippen molar-refractivity contribution in [2.24, 2.45) is 11.8 Å². The minimum Gasteiger partial charge on any atom is -0.465 e. The second kappa shape index (κ2) is 9.14. The first kappa shape index (κ1) is 23.8. The molecule has 0 radical (unpaired) electrons. The lowest BCUT2D eigenvalue weighted by molar-refractivity contribution is -0.155. The van der Waals surface area contributed by atoms with Crippen LogP contribution in [0.3, 0.4) is 0 Å². The number of benzene rings is 2. The molecule has 0 saturated carbocycles. The van der Waals surface area contributed by atoms with Gasteiger partial charge in [-0.25, -0.2) is 4.90 Å². The first-order valence-electron chi connectivity index (χ1n) is 11.8. The summed E-state index contributed by atoms with van der Waals surface area (Å²) in [6.45, 7) is 7.22. The Morgan fingerprint density at radius 3 is 2.44 bits per heavy atom. The average Bonchev–Trinajstić information content (AvgIpc) is 3.29. The first-order chi connectivity index (χ1) is 16.3. The highest BCUT2D eigenvalue weighted by atomic mass is 16.5. The topological polar surface area (TPSA) is 92.8 Å². The Balaban J connectivity index is 1.88. The van der Waals surface area contributed by atoms with Crippen molar-refractivity contribution in [1.29, 1.82) is 0 Å². The molecule has 4 atom stereocenters. The maximum atomic E-state index is 13.9. The van der Waals surface area contributed by atoms with Crippen molar-refractivity contribution in [2.45, 2.75) is 52.1 Å². The third-order valence-corrected chi connectivity index (χ3v) is 6.97. The summed E-state index contributed by atoms with van der Waals surface area (Å²) in [6.07, 6.45) is 0.979. The van der Waals surface area contributed by atoms with Gasteiger partial charge in [-0.15, -0.1) is 0 Å². The van der Waals surface area contributed by atoms with Crippen LogP contribution in [0.1, 0.15) is 61.1 Å². The number of anilines is 1. The standard InChI is InChI=1S/C27H30N2O5/c1-5-14-27(26(33)34-6-2)22-21(23(28-27)20-13-8-7-10-16(20)3)24(31)29(25(22)32)19-12-9-11-18(15-19)17(4)30/h7-13,15,21-23,28H,5-6,14H2,1-4H3/t21-,22-,23-,27+/m0/s1. The predicted molar refractivity (Wildman–Crippen MR) is 127 cm³/mol. The van der Waals surface area contributed by atoms with Gasteiger partial charge < -0.3 is 4.74 Å². The summed E-state index contributed by atoms with van der Waals surface area (Å²) >= 11 is 0. The maximum Gasteiger partial charge on any atom is 0.327 e. The Bertz CT molecular complexity index is 1160. The van der Waals surface area contributed by atoms with Crippen LogP contribution in [0.2, 0.25) is 0 Å². The molecule has 2 amide bonds. The molecule has 2 aromatic rings. The SMILES string of the molecule is CCC[C@@]1(C(=O)OCC)N[C@@H](c2ccccc2C)[C@H]2C(=O)N(c3cccc(C(C)=O)c3)C(=O)[C@H]21. The van der Waals surface area contributed by atoms with E-state index in [2.05, 4.69) is 5.32 Å². The largest absolute Gasteiger partial charge is 0.465 e. The molecule has 34 heavy (non-hydrogen) atoms. The lowest BCUT2D eigenvalue weighted by atomic mass is 9.76. The lowest BCUT2D eigenvalue weighted by Crippen LogP contribution is -2.56. The summed E-state index contributed by atoms with van der Waals surface area (Å²) in [4.78, 5) is 54.3. The fraction of sp³-hybridized carbons (Fsp3) is 0.407. The molecule has 0 aromatic heterocycles. The van der Waals surface area contributed by atoms with Gasteiger partial charge >= 0.3 is 5.97 Å². The van der Waals surface area contributed by atoms with Gasteiger partial charge in [0.1, 0.15) is 5.54 Å². The molecule has 4 rings (SSSR count). The summed E-state index contributed by atoms with van der Waals surface area (Å²) < 4.78 is 5.45. The molecular weight excluding hydrogens is 432 g/mol. The average molecular weight is 463 g/mol. The zero-order valence-corrected chi connectivity index (χ0v) is 20.0. The van der Waals surface area contributed by atoms with Gasteiger partial charge in [0.2, 0.25) is 11.8 Å². The van der Waals surface area contributed by atoms with E-state index in [4.69, 9.17) is 4.74 Å². The molecule has 0 bridgehead atoms. The highest BCUT2D eigenvalue weighted by Gasteiger charge is 2.68. The number of ether oxygens (including phenoxy) is 1. The molecule has 7 nitrogen and oxygen atoms in total. The molecule has 7 heteroatoms. The van der Waals surface area contributed by atoms with Crippen molar-refractivity contribution in [2.75, 3.05) is 11.5 Å². The fourth-order valence-corrected chi connectivity index (χ4v) is 5.50. The number of aryl methyl sites for hydroxylation is 1. The van der Waals surface area contributed by atoms with Crippen LogP contribution in [0, 0.1) is 18.8 Å². The van der Waals surface area contributed by atoms with E-state index < -0.39 is 35.3 Å². The summed E-state index contributed by atoms with van der Waals surface area (Å²) in [5.41, 5.74) is 1.28. The number of nitrogens with one attached hydrogen (secondary N) is 1. The van der Waals surface area contributed by atoms with Crippen LogP contribution in [-0.2, 0) is 19.1 Å². The van der Waals surface area contributed by atoms with E-state index >= 15 is 0 Å². The molecule has 2 fully saturated rings. The Morgan fingerprint density at radius 1 is 1.06 bits per heavy atom. The van der Waals surface area contributed by atoms with Crippen LogP contribution >= 0.6 is 0 Å². The second-order valence-corrected chi connectivity index (χ2v) is 9.04. The molecule has 0 aliphatic carbocycles. The van der Waals surface area contributed by atoms with E-state index in [0.717, 1.165) is 16.0 Å². The van der Waals surface area contributed by atoms with Crippen molar-refractivity contribution in [1.82, 2.24) is 5.32 Å². The van der Waals surface area contributed by atoms with Gasteiger partial charge in [-0.1, -0.05) is 49.7 Å². The van der Waals surface area contributed by atoms with Crippen LogP contribution < -0.4 is 10.2 Å². The zero-order chi connectivity index (χ0) is 24.6. The van der Waals surface area contributed by atoms with Crippen LogP contribution in [0.25, 0.3) is 0 Å². The molecule has 0 unspecified atom stereocenters. The van der Waals surface area contributed by atoms with Crippen molar-refractivity contribution in [3.8, 4) is 0 Å². The molecule has 0 spiro atoms. The van der Waals surface area contributed by atoms with Crippen LogP contribution in [0.15, 0.2) is 48.5 Å². The van der Waals surface area contributed by atoms with Crippen molar-refractivity contribution >= 4 is 29.3 Å². The van der Waals surface area contributed by atoms with E-state index in [1.54, 1.807) is 31.2 Å². The van der Waals surface area contributed by atoms with Gasteiger partial charge in [-0.2, -0.15) is 0 Å². The quantitative estimate of drug-likeness (QED) is 0.383. The summed E-state index contributed by atoms with van der Waals surface area (Å²) in [5.74, 6) is -3.18. The fourth-order valence-electron chi connectivity index (χ4n) is 5.50. The third kappa shape index (κ3) is 3.64. The molecule has 178 valence electrons. The Kier molecular flexibility index (Phi) is 6.41. The second-order valence-electron chi connectivity index (χ2n) is 9.04. The Hall–Kier alpha value is -3.32. The van der Waals surface area contributed by atoms with Crippen molar-refractivity contribution < 1.29 is 23.9 Å². The minimum atomic E-state index is -1.32. The monoisotopic (exact) mass is 462 g/mol. The van der Waals surface area contributed by atoms with Gasteiger partial charge in [0, 0.05) is 11.6 Å². The molecule has 2 aromatic carbocycles. The minimum absolute atomic E-state index is 0.160. The number of carbonyl (C=O) groups is 4. The summed E-state index contributed by atoms with van der Waals surface area (Å²) in [6, 6.07) is 13.7. The highest BCUT2D eigenvalue weighted by Crippen LogP contribution is 2.52. The number of hydrogen-bond acceptors (Lipinski definition) is 6. The van der Waals surface area contributed by atoms with Gasteiger partial charge in [0.15, 0.2) is 5.78 Å². The number of hydrogen-bond donors (Lipinski definition) is 1. The van der Waals surface area contributed by atoms with Gasteiger partial charge in [-0.3, -0.25) is 24.5 Å². The maximum absolute atomic E-state index is 13.9. The first-order valence-corrected chi connectivity index (χ1v) is 11.8. The molecule has 2 aliphatic rings. The van der Waals surface area contributed by atoms with Crippen molar-refractivity contribution in [3.63, 3.8) is 0 Å². The third-order valence-electron chi connectivity index (χ3n) is 6.97. The normalized spacial score (nSPS) is 26.0. The van der Waals surface area contributed by atoms with Crippen LogP contribution in [0.4, 0.5) is 5.69 Å². The lowest BCUT2D eigenvalue weighted by Gasteiger charge is -2.33. The van der Waals surface area contributed by atoms with E-state index in [9.17, 15) is 19.2 Å². The van der Waals surface area contributed by atoms with Gasteiger partial charge in [0.25, 0.3) is 0 Å². The summed E-state index contributed by atoms with van der Waals surface area (Å²) in [5, 5.41) is 3.41.